The number of ketones is 1. The zero-order valence-electron chi connectivity index (χ0n) is 6.95. The second kappa shape index (κ2) is 2.59. The first-order valence-electron chi connectivity index (χ1n) is 4.10. The van der Waals surface area contributed by atoms with Crippen molar-refractivity contribution in [1.29, 1.82) is 0 Å². The highest BCUT2D eigenvalue weighted by molar-refractivity contribution is 6.13. The van der Waals surface area contributed by atoms with Crippen molar-refractivity contribution in [1.82, 2.24) is 0 Å². The molecule has 0 aromatic heterocycles. The lowest BCUT2D eigenvalue weighted by Crippen LogP contribution is -2.20. The third-order valence-electron chi connectivity index (χ3n) is 2.30. The van der Waals surface area contributed by atoms with Crippen molar-refractivity contribution in [3.63, 3.8) is 0 Å². The lowest BCUT2D eigenvalue weighted by atomic mass is 9.81. The van der Waals surface area contributed by atoms with E-state index in [1.54, 1.807) is 6.08 Å². The fourth-order valence-corrected chi connectivity index (χ4v) is 1.42. The number of rotatable bonds is 1. The van der Waals surface area contributed by atoms with E-state index in [9.17, 15) is 4.79 Å². The topological polar surface area (TPSA) is 17.1 Å². The van der Waals surface area contributed by atoms with Crippen molar-refractivity contribution < 1.29 is 4.79 Å². The van der Waals surface area contributed by atoms with Gasteiger partial charge in [-0.2, -0.15) is 0 Å². The number of hydrogen-bond donors (Lipinski definition) is 0. The van der Waals surface area contributed by atoms with Gasteiger partial charge in [0.2, 0.25) is 0 Å². The van der Waals surface area contributed by atoms with Crippen molar-refractivity contribution in [3.05, 3.63) is 42.0 Å². The number of hydrogen-bond acceptors (Lipinski definition) is 1. The molecule has 0 spiro atoms. The van der Waals surface area contributed by atoms with Gasteiger partial charge in [-0.25, -0.2) is 0 Å². The Bertz CT molecular complexity index is 335. The summed E-state index contributed by atoms with van der Waals surface area (Å²) in [7, 11) is 0. The van der Waals surface area contributed by atoms with Crippen molar-refractivity contribution in [2.45, 2.75) is 6.92 Å². The average molecular weight is 158 g/mol. The normalized spacial score (nSPS) is 21.6. The van der Waals surface area contributed by atoms with E-state index in [1.165, 1.54) is 11.1 Å². The molecule has 12 heavy (non-hydrogen) atoms. The van der Waals surface area contributed by atoms with Crippen LogP contribution in [0.2, 0.25) is 0 Å². The third-order valence-corrected chi connectivity index (χ3v) is 2.30. The number of allylic oxidation sites excluding steroid dienone is 2. The molecule has 1 atom stereocenters. The molecule has 1 aliphatic carbocycles. The van der Waals surface area contributed by atoms with Gasteiger partial charge >= 0.3 is 0 Å². The van der Waals surface area contributed by atoms with Crippen LogP contribution in [-0.2, 0) is 4.79 Å². The molecule has 0 N–H and O–H groups in total. The first kappa shape index (κ1) is 7.29. The molecule has 0 heterocycles. The Labute approximate surface area is 71.7 Å². The van der Waals surface area contributed by atoms with Crippen LogP contribution in [-0.4, -0.2) is 5.78 Å². The molecule has 0 radical (unpaired) electrons. The molecule has 1 heteroatoms. The molecule has 0 bridgehead atoms. The first-order valence-corrected chi connectivity index (χ1v) is 4.10. The van der Waals surface area contributed by atoms with E-state index in [1.807, 2.05) is 37.3 Å². The predicted octanol–water partition coefficient (Wildman–Crippen LogP) is 2.29. The second-order valence-electron chi connectivity index (χ2n) is 3.09. The molecule has 1 aromatic carbocycles. The highest BCUT2D eigenvalue weighted by Gasteiger charge is 2.26. The Morgan fingerprint density at radius 2 is 1.83 bits per heavy atom. The molecular weight excluding hydrogens is 148 g/mol. The van der Waals surface area contributed by atoms with Crippen LogP contribution in [0.25, 0.3) is 5.57 Å². The summed E-state index contributed by atoms with van der Waals surface area (Å²) in [6.07, 6.45) is 1.72. The van der Waals surface area contributed by atoms with Crippen molar-refractivity contribution >= 4 is 11.4 Å². The molecule has 60 valence electrons. The van der Waals surface area contributed by atoms with Gasteiger partial charge in [-0.15, -0.1) is 0 Å². The van der Waals surface area contributed by atoms with Crippen LogP contribution in [0.1, 0.15) is 12.5 Å². The molecule has 1 aliphatic rings. The van der Waals surface area contributed by atoms with Gasteiger partial charge in [0.25, 0.3) is 0 Å². The molecule has 2 rings (SSSR count). The highest BCUT2D eigenvalue weighted by atomic mass is 16.1. The molecule has 0 amide bonds. The van der Waals surface area contributed by atoms with E-state index < -0.39 is 0 Å². The minimum atomic E-state index is 0.104. The number of carbonyl (C=O) groups is 1. The Kier molecular flexibility index (Phi) is 1.58. The van der Waals surface area contributed by atoms with E-state index in [0.717, 1.165) is 0 Å². The number of carbonyl (C=O) groups excluding carboxylic acids is 1. The molecule has 1 aromatic rings. The van der Waals surface area contributed by atoms with Gasteiger partial charge in [0, 0.05) is 5.92 Å². The Balaban J connectivity index is 2.35. The summed E-state index contributed by atoms with van der Waals surface area (Å²) >= 11 is 0. The summed E-state index contributed by atoms with van der Waals surface area (Å²) in [5.41, 5.74) is 2.34. The average Bonchev–Trinajstić information content (AvgIpc) is 2.15. The van der Waals surface area contributed by atoms with Crippen LogP contribution in [0.3, 0.4) is 0 Å². The summed E-state index contributed by atoms with van der Waals surface area (Å²) in [4.78, 5) is 10.9. The van der Waals surface area contributed by atoms with Gasteiger partial charge in [-0.3, -0.25) is 4.79 Å². The molecule has 0 saturated carbocycles. The fourth-order valence-electron chi connectivity index (χ4n) is 1.42. The quantitative estimate of drug-likeness (QED) is 0.612. The van der Waals surface area contributed by atoms with E-state index in [0.29, 0.717) is 0 Å². The minimum absolute atomic E-state index is 0.104. The van der Waals surface area contributed by atoms with Crippen LogP contribution >= 0.6 is 0 Å². The van der Waals surface area contributed by atoms with Gasteiger partial charge in [0.15, 0.2) is 5.78 Å². The largest absolute Gasteiger partial charge is 0.294 e. The summed E-state index contributed by atoms with van der Waals surface area (Å²) in [6, 6.07) is 10.0. The molecule has 0 aliphatic heterocycles. The molecule has 1 nitrogen and oxygen atoms in total. The molecule has 1 unspecified atom stereocenters. The molecule has 0 fully saturated rings. The van der Waals surface area contributed by atoms with E-state index >= 15 is 0 Å². The maximum absolute atomic E-state index is 10.9. The highest BCUT2D eigenvalue weighted by Crippen LogP contribution is 2.31. The zero-order valence-corrected chi connectivity index (χ0v) is 6.95. The van der Waals surface area contributed by atoms with Crippen molar-refractivity contribution in [2.24, 2.45) is 5.92 Å². The van der Waals surface area contributed by atoms with Gasteiger partial charge < -0.3 is 0 Å². The molecular formula is C11H10O. The van der Waals surface area contributed by atoms with Gasteiger partial charge in [-0.1, -0.05) is 37.3 Å². The zero-order chi connectivity index (χ0) is 8.55. The van der Waals surface area contributed by atoms with Crippen LogP contribution in [0.15, 0.2) is 36.4 Å². The monoisotopic (exact) mass is 158 g/mol. The second-order valence-corrected chi connectivity index (χ2v) is 3.09. The Morgan fingerprint density at radius 3 is 2.33 bits per heavy atom. The third kappa shape index (κ3) is 0.981. The first-order chi connectivity index (χ1) is 5.79. The van der Waals surface area contributed by atoms with Gasteiger partial charge in [-0.05, 0) is 17.2 Å². The van der Waals surface area contributed by atoms with Crippen LogP contribution in [0, 0.1) is 5.92 Å². The van der Waals surface area contributed by atoms with E-state index in [4.69, 9.17) is 0 Å². The fraction of sp³-hybridized carbons (Fsp3) is 0.182. The maximum Gasteiger partial charge on any atom is 0.163 e. The van der Waals surface area contributed by atoms with E-state index in [-0.39, 0.29) is 11.7 Å². The Morgan fingerprint density at radius 1 is 1.17 bits per heavy atom. The summed E-state index contributed by atoms with van der Waals surface area (Å²) in [5.74, 6) is 0.348. The standard InChI is InChI=1S/C11H10O/c1-8-10(7-11(8)12)9-5-3-2-4-6-9/h2-8H,1H3. The lowest BCUT2D eigenvalue weighted by Gasteiger charge is -2.21. The summed E-state index contributed by atoms with van der Waals surface area (Å²) in [5, 5.41) is 0. The van der Waals surface area contributed by atoms with Crippen molar-refractivity contribution in [2.75, 3.05) is 0 Å². The predicted molar refractivity (Wildman–Crippen MR) is 48.6 cm³/mol. The van der Waals surface area contributed by atoms with Crippen LogP contribution in [0.5, 0.6) is 0 Å². The van der Waals surface area contributed by atoms with Gasteiger partial charge in [0.1, 0.15) is 0 Å². The minimum Gasteiger partial charge on any atom is -0.294 e. The van der Waals surface area contributed by atoms with Crippen LogP contribution in [0.4, 0.5) is 0 Å². The van der Waals surface area contributed by atoms with Crippen molar-refractivity contribution in [3.8, 4) is 0 Å². The SMILES string of the molecule is CC1C(=O)C=C1c1ccccc1. The number of benzene rings is 1. The Hall–Kier alpha value is -1.37. The summed E-state index contributed by atoms with van der Waals surface area (Å²) in [6.45, 7) is 1.95. The lowest BCUT2D eigenvalue weighted by molar-refractivity contribution is -0.117. The maximum atomic E-state index is 10.9. The van der Waals surface area contributed by atoms with Gasteiger partial charge in [0.05, 0.1) is 0 Å². The van der Waals surface area contributed by atoms with E-state index in [2.05, 4.69) is 0 Å². The summed E-state index contributed by atoms with van der Waals surface area (Å²) < 4.78 is 0. The van der Waals surface area contributed by atoms with Crippen LogP contribution < -0.4 is 0 Å². The smallest absolute Gasteiger partial charge is 0.163 e. The molecule has 0 saturated heterocycles.